The van der Waals surface area contributed by atoms with E-state index in [0.717, 1.165) is 22.4 Å². The Bertz CT molecular complexity index is 803. The molecule has 0 aromatic heterocycles. The third-order valence-electron chi connectivity index (χ3n) is 3.50. The van der Waals surface area contributed by atoms with Crippen molar-refractivity contribution in [3.8, 4) is 5.75 Å². The van der Waals surface area contributed by atoms with Crippen LogP contribution in [0, 0.1) is 13.8 Å². The van der Waals surface area contributed by atoms with Gasteiger partial charge in [0.05, 0.1) is 12.1 Å². The summed E-state index contributed by atoms with van der Waals surface area (Å²) in [6.45, 7) is 4.12. The van der Waals surface area contributed by atoms with E-state index in [0.29, 0.717) is 6.42 Å². The Balaban J connectivity index is 2.10. The molecule has 0 atom stereocenters. The first kappa shape index (κ1) is 17.8. The first-order valence-electron chi connectivity index (χ1n) is 7.23. The average Bonchev–Trinajstić information content (AvgIpc) is 2.47. The minimum Gasteiger partial charge on any atom is -0.496 e. The molecule has 0 saturated carbocycles. The fourth-order valence-corrected chi connectivity index (χ4v) is 3.95. The molecule has 0 saturated heterocycles. The van der Waals surface area contributed by atoms with Crippen LogP contribution in [0.1, 0.15) is 16.7 Å². The Kier molecular flexibility index (Phi) is 5.68. The first-order chi connectivity index (χ1) is 10.8. The van der Waals surface area contributed by atoms with Gasteiger partial charge in [-0.15, -0.1) is 0 Å². The van der Waals surface area contributed by atoms with Crippen LogP contribution in [0.5, 0.6) is 5.75 Å². The lowest BCUT2D eigenvalue weighted by Gasteiger charge is -2.11. The summed E-state index contributed by atoms with van der Waals surface area (Å²) in [7, 11) is -2.03. The number of ether oxygens (including phenoxy) is 1. The van der Waals surface area contributed by atoms with Crippen molar-refractivity contribution in [3.63, 3.8) is 0 Å². The van der Waals surface area contributed by atoms with Crippen LogP contribution in [0.25, 0.3) is 0 Å². The smallest absolute Gasteiger partial charge is 0.242 e. The molecule has 23 heavy (non-hydrogen) atoms. The van der Waals surface area contributed by atoms with Gasteiger partial charge in [0.15, 0.2) is 0 Å². The molecule has 4 nitrogen and oxygen atoms in total. The number of rotatable bonds is 6. The molecule has 2 rings (SSSR count). The Morgan fingerprint density at radius 2 is 1.74 bits per heavy atom. The Morgan fingerprint density at radius 3 is 2.39 bits per heavy atom. The number of methoxy groups -OCH3 is 1. The van der Waals surface area contributed by atoms with Crippen molar-refractivity contribution in [3.05, 3.63) is 58.1 Å². The molecule has 2 aromatic carbocycles. The summed E-state index contributed by atoms with van der Waals surface area (Å²) in [6, 6.07) is 10.7. The molecule has 124 valence electrons. The SMILES string of the molecule is COc1ccc(C)cc1CCNS(=O)(=O)c1ccc(C)cc1Cl. The van der Waals surface area contributed by atoms with Gasteiger partial charge in [0.1, 0.15) is 10.6 Å². The quantitative estimate of drug-likeness (QED) is 0.864. The second-order valence-electron chi connectivity index (χ2n) is 5.40. The number of aryl methyl sites for hydroxylation is 2. The maximum Gasteiger partial charge on any atom is 0.242 e. The van der Waals surface area contributed by atoms with E-state index in [1.807, 2.05) is 32.0 Å². The van der Waals surface area contributed by atoms with Crippen LogP contribution in [-0.2, 0) is 16.4 Å². The van der Waals surface area contributed by atoms with Gasteiger partial charge in [-0.25, -0.2) is 13.1 Å². The zero-order valence-electron chi connectivity index (χ0n) is 13.4. The minimum absolute atomic E-state index is 0.0981. The zero-order chi connectivity index (χ0) is 17.0. The molecule has 1 N–H and O–H groups in total. The minimum atomic E-state index is -3.63. The lowest BCUT2D eigenvalue weighted by molar-refractivity contribution is 0.409. The van der Waals surface area contributed by atoms with Crippen molar-refractivity contribution in [2.75, 3.05) is 13.7 Å². The molecule has 0 bridgehead atoms. The largest absolute Gasteiger partial charge is 0.496 e. The van der Waals surface area contributed by atoms with Gasteiger partial charge in [0, 0.05) is 6.54 Å². The van der Waals surface area contributed by atoms with E-state index in [4.69, 9.17) is 16.3 Å². The number of hydrogen-bond acceptors (Lipinski definition) is 3. The molecule has 0 amide bonds. The second kappa shape index (κ2) is 7.34. The van der Waals surface area contributed by atoms with Crippen molar-refractivity contribution in [2.45, 2.75) is 25.2 Å². The van der Waals surface area contributed by atoms with Crippen LogP contribution in [0.4, 0.5) is 0 Å². The van der Waals surface area contributed by atoms with Crippen molar-refractivity contribution < 1.29 is 13.2 Å². The van der Waals surface area contributed by atoms with E-state index in [-0.39, 0.29) is 16.5 Å². The van der Waals surface area contributed by atoms with E-state index in [1.54, 1.807) is 19.2 Å². The summed E-state index contributed by atoms with van der Waals surface area (Å²) in [5.74, 6) is 0.753. The van der Waals surface area contributed by atoms with E-state index < -0.39 is 10.0 Å². The summed E-state index contributed by atoms with van der Waals surface area (Å²) in [5.41, 5.74) is 2.98. The third kappa shape index (κ3) is 4.47. The summed E-state index contributed by atoms with van der Waals surface area (Å²) >= 11 is 6.04. The number of hydrogen-bond donors (Lipinski definition) is 1. The van der Waals surface area contributed by atoms with Crippen molar-refractivity contribution in [2.24, 2.45) is 0 Å². The molecule has 0 radical (unpaired) electrons. The van der Waals surface area contributed by atoms with E-state index >= 15 is 0 Å². The fraction of sp³-hybridized carbons (Fsp3) is 0.294. The van der Waals surface area contributed by atoms with Crippen molar-refractivity contribution >= 4 is 21.6 Å². The summed E-state index contributed by atoms with van der Waals surface area (Å²) in [5, 5.41) is 0.227. The molecule has 6 heteroatoms. The standard InChI is InChI=1S/C17H20ClNO3S/c1-12-4-6-16(22-3)14(10-12)8-9-19-23(20,21)17-7-5-13(2)11-15(17)18/h4-7,10-11,19H,8-9H2,1-3H3. The van der Waals surface area contributed by atoms with Gasteiger partial charge in [0.2, 0.25) is 10.0 Å². The molecule has 0 unspecified atom stereocenters. The first-order valence-corrected chi connectivity index (χ1v) is 9.09. The van der Waals surface area contributed by atoms with Crippen LogP contribution >= 0.6 is 11.6 Å². The maximum atomic E-state index is 12.3. The summed E-state index contributed by atoms with van der Waals surface area (Å²) in [6.07, 6.45) is 0.535. The van der Waals surface area contributed by atoms with Gasteiger partial charge in [-0.2, -0.15) is 0 Å². The molecule has 0 aliphatic carbocycles. The van der Waals surface area contributed by atoms with Crippen LogP contribution in [0.15, 0.2) is 41.3 Å². The molecule has 2 aromatic rings. The van der Waals surface area contributed by atoms with Crippen LogP contribution in [0.2, 0.25) is 5.02 Å². The number of benzene rings is 2. The topological polar surface area (TPSA) is 55.4 Å². The highest BCUT2D eigenvalue weighted by Gasteiger charge is 2.17. The highest BCUT2D eigenvalue weighted by atomic mass is 35.5. The summed E-state index contributed by atoms with van der Waals surface area (Å²) in [4.78, 5) is 0.0981. The van der Waals surface area contributed by atoms with Crippen molar-refractivity contribution in [1.29, 1.82) is 0 Å². The molecule has 0 fully saturated rings. The van der Waals surface area contributed by atoms with Gasteiger partial charge in [-0.1, -0.05) is 35.4 Å². The lowest BCUT2D eigenvalue weighted by atomic mass is 10.1. The van der Waals surface area contributed by atoms with Gasteiger partial charge in [0.25, 0.3) is 0 Å². The fourth-order valence-electron chi connectivity index (χ4n) is 2.32. The van der Waals surface area contributed by atoms with Gasteiger partial charge in [-0.05, 0) is 49.6 Å². The van der Waals surface area contributed by atoms with Crippen molar-refractivity contribution in [1.82, 2.24) is 4.72 Å². The highest BCUT2D eigenvalue weighted by molar-refractivity contribution is 7.89. The molecular weight excluding hydrogens is 334 g/mol. The highest BCUT2D eigenvalue weighted by Crippen LogP contribution is 2.23. The molecule has 0 heterocycles. The summed E-state index contributed by atoms with van der Waals surface area (Å²) < 4.78 is 32.6. The number of sulfonamides is 1. The van der Waals surface area contributed by atoms with Crippen LogP contribution < -0.4 is 9.46 Å². The van der Waals surface area contributed by atoms with Gasteiger partial charge in [-0.3, -0.25) is 0 Å². The van der Waals surface area contributed by atoms with Crippen LogP contribution in [0.3, 0.4) is 0 Å². The predicted octanol–water partition coefficient (Wildman–Crippen LogP) is 3.49. The third-order valence-corrected chi connectivity index (χ3v) is 5.44. The molecule has 0 aliphatic heterocycles. The zero-order valence-corrected chi connectivity index (χ0v) is 15.0. The second-order valence-corrected chi connectivity index (χ2v) is 7.54. The lowest BCUT2D eigenvalue weighted by Crippen LogP contribution is -2.26. The molecular formula is C17H20ClNO3S. The van der Waals surface area contributed by atoms with Gasteiger partial charge >= 0.3 is 0 Å². The Hall–Kier alpha value is -1.56. The average molecular weight is 354 g/mol. The molecule has 0 spiro atoms. The maximum absolute atomic E-state index is 12.3. The molecule has 0 aliphatic rings. The van der Waals surface area contributed by atoms with E-state index in [9.17, 15) is 8.42 Å². The van der Waals surface area contributed by atoms with Crippen LogP contribution in [-0.4, -0.2) is 22.1 Å². The predicted molar refractivity (Wildman–Crippen MR) is 92.8 cm³/mol. The van der Waals surface area contributed by atoms with E-state index in [1.165, 1.54) is 6.07 Å². The van der Waals surface area contributed by atoms with Gasteiger partial charge < -0.3 is 4.74 Å². The number of nitrogens with one attached hydrogen (secondary N) is 1. The Labute approximate surface area is 142 Å². The normalized spacial score (nSPS) is 11.5. The van der Waals surface area contributed by atoms with E-state index in [2.05, 4.69) is 4.72 Å². The Morgan fingerprint density at radius 1 is 1.09 bits per heavy atom. The monoisotopic (exact) mass is 353 g/mol. The number of halogens is 1.